The van der Waals surface area contributed by atoms with Gasteiger partial charge in [-0.1, -0.05) is 51.1 Å². The molecule has 0 aromatic heterocycles. The van der Waals surface area contributed by atoms with Crippen molar-refractivity contribution in [2.45, 2.75) is 39.3 Å². The van der Waals surface area contributed by atoms with Crippen LogP contribution in [0.1, 0.15) is 37.5 Å². The van der Waals surface area contributed by atoms with Gasteiger partial charge in [0, 0.05) is 13.1 Å². The van der Waals surface area contributed by atoms with Crippen molar-refractivity contribution in [1.29, 1.82) is 0 Å². The third-order valence-corrected chi connectivity index (χ3v) is 4.00. The van der Waals surface area contributed by atoms with Crippen LogP contribution in [0.15, 0.2) is 42.5 Å². The molecule has 128 valence electrons. The van der Waals surface area contributed by atoms with Crippen LogP contribution >= 0.6 is 12.2 Å². The van der Waals surface area contributed by atoms with Crippen molar-refractivity contribution in [3.05, 3.63) is 70.8 Å². The summed E-state index contributed by atoms with van der Waals surface area (Å²) in [6.45, 7) is 7.48. The van der Waals surface area contributed by atoms with E-state index in [9.17, 15) is 8.78 Å². The van der Waals surface area contributed by atoms with Crippen LogP contribution in [0, 0.1) is 11.6 Å². The first kappa shape index (κ1) is 18.3. The Kier molecular flexibility index (Phi) is 5.89. The number of hydrogen-bond donors (Lipinski definition) is 2. The summed E-state index contributed by atoms with van der Waals surface area (Å²) in [5, 5.41) is 6.56. The molecule has 0 radical (unpaired) electrons. The van der Waals surface area contributed by atoms with Crippen molar-refractivity contribution in [2.24, 2.45) is 0 Å². The van der Waals surface area contributed by atoms with E-state index in [4.69, 9.17) is 12.2 Å². The standard InChI is InChI=1S/C19H22F2N2S/c1-19(2,3)15-7-4-13(5-8-15)11-22-18(24)23-12-14-6-9-16(20)17(21)10-14/h4-10H,11-12H2,1-3H3,(H2,22,23,24). The van der Waals surface area contributed by atoms with E-state index in [1.165, 1.54) is 11.6 Å². The molecule has 24 heavy (non-hydrogen) atoms. The van der Waals surface area contributed by atoms with Gasteiger partial charge in [-0.3, -0.25) is 0 Å². The van der Waals surface area contributed by atoms with Gasteiger partial charge in [0.25, 0.3) is 0 Å². The van der Waals surface area contributed by atoms with E-state index in [0.717, 1.165) is 17.7 Å². The molecule has 0 saturated heterocycles. The highest BCUT2D eigenvalue weighted by Crippen LogP contribution is 2.22. The molecule has 0 aliphatic rings. The number of rotatable bonds is 4. The minimum Gasteiger partial charge on any atom is -0.359 e. The topological polar surface area (TPSA) is 24.1 Å². The Bertz CT molecular complexity index is 706. The Morgan fingerprint density at radius 3 is 1.96 bits per heavy atom. The molecule has 5 heteroatoms. The summed E-state index contributed by atoms with van der Waals surface area (Å²) < 4.78 is 26.0. The van der Waals surface area contributed by atoms with Crippen LogP contribution in [0.5, 0.6) is 0 Å². The molecule has 0 heterocycles. The van der Waals surface area contributed by atoms with Crippen LogP contribution < -0.4 is 10.6 Å². The Hall–Kier alpha value is -2.01. The molecule has 0 aliphatic heterocycles. The Morgan fingerprint density at radius 2 is 1.42 bits per heavy atom. The number of nitrogens with one attached hydrogen (secondary N) is 2. The lowest BCUT2D eigenvalue weighted by Crippen LogP contribution is -2.34. The highest BCUT2D eigenvalue weighted by molar-refractivity contribution is 7.80. The molecule has 0 amide bonds. The van der Waals surface area contributed by atoms with Crippen LogP contribution in [0.3, 0.4) is 0 Å². The van der Waals surface area contributed by atoms with Gasteiger partial charge in [-0.05, 0) is 46.5 Å². The van der Waals surface area contributed by atoms with E-state index >= 15 is 0 Å². The summed E-state index contributed by atoms with van der Waals surface area (Å²) in [5.41, 5.74) is 3.17. The Labute approximate surface area is 147 Å². The quantitative estimate of drug-likeness (QED) is 0.800. The predicted octanol–water partition coefficient (Wildman–Crippen LogP) is 4.43. The lowest BCUT2D eigenvalue weighted by Gasteiger charge is -2.19. The van der Waals surface area contributed by atoms with E-state index in [2.05, 4.69) is 55.7 Å². The van der Waals surface area contributed by atoms with Crippen molar-refractivity contribution in [3.8, 4) is 0 Å². The fourth-order valence-corrected chi connectivity index (χ4v) is 2.34. The fraction of sp³-hybridized carbons (Fsp3) is 0.316. The maximum Gasteiger partial charge on any atom is 0.166 e. The van der Waals surface area contributed by atoms with Crippen molar-refractivity contribution in [3.63, 3.8) is 0 Å². The highest BCUT2D eigenvalue weighted by Gasteiger charge is 2.12. The lowest BCUT2D eigenvalue weighted by atomic mass is 9.87. The zero-order valence-electron chi connectivity index (χ0n) is 14.1. The fourth-order valence-electron chi connectivity index (χ4n) is 2.20. The van der Waals surface area contributed by atoms with E-state index in [1.807, 2.05) is 0 Å². The predicted molar refractivity (Wildman–Crippen MR) is 97.8 cm³/mol. The Balaban J connectivity index is 1.81. The summed E-state index contributed by atoms with van der Waals surface area (Å²) in [7, 11) is 0. The van der Waals surface area contributed by atoms with Crippen molar-refractivity contribution in [2.75, 3.05) is 0 Å². The molecule has 0 spiro atoms. The van der Waals surface area contributed by atoms with E-state index < -0.39 is 11.6 Å². The van der Waals surface area contributed by atoms with Gasteiger partial charge in [0.05, 0.1) is 0 Å². The van der Waals surface area contributed by atoms with Gasteiger partial charge < -0.3 is 10.6 Å². The van der Waals surface area contributed by atoms with Gasteiger partial charge in [0.1, 0.15) is 0 Å². The van der Waals surface area contributed by atoms with E-state index in [0.29, 0.717) is 23.8 Å². The second-order valence-electron chi connectivity index (χ2n) is 6.73. The summed E-state index contributed by atoms with van der Waals surface area (Å²) in [4.78, 5) is 0. The molecule has 0 atom stereocenters. The molecule has 2 N–H and O–H groups in total. The molecular formula is C19H22F2N2S. The molecule has 0 aliphatic carbocycles. The normalized spacial score (nSPS) is 11.2. The molecule has 0 bridgehead atoms. The average molecular weight is 348 g/mol. The van der Waals surface area contributed by atoms with Gasteiger partial charge in [0.2, 0.25) is 0 Å². The van der Waals surface area contributed by atoms with Gasteiger partial charge in [-0.25, -0.2) is 8.78 Å². The highest BCUT2D eigenvalue weighted by atomic mass is 32.1. The van der Waals surface area contributed by atoms with E-state index in [1.54, 1.807) is 0 Å². The maximum atomic E-state index is 13.1. The minimum absolute atomic E-state index is 0.132. The first-order valence-corrected chi connectivity index (χ1v) is 8.21. The average Bonchev–Trinajstić information content (AvgIpc) is 2.53. The molecular weight excluding hydrogens is 326 g/mol. The van der Waals surface area contributed by atoms with Crippen LogP contribution in [-0.4, -0.2) is 5.11 Å². The number of benzene rings is 2. The summed E-state index contributed by atoms with van der Waals surface area (Å²) in [5.74, 6) is -1.70. The van der Waals surface area contributed by atoms with E-state index in [-0.39, 0.29) is 5.41 Å². The van der Waals surface area contributed by atoms with Crippen molar-refractivity contribution < 1.29 is 8.78 Å². The zero-order chi connectivity index (χ0) is 17.7. The van der Waals surface area contributed by atoms with Crippen molar-refractivity contribution in [1.82, 2.24) is 10.6 Å². The van der Waals surface area contributed by atoms with Crippen LogP contribution in [0.2, 0.25) is 0 Å². The van der Waals surface area contributed by atoms with Crippen LogP contribution in [-0.2, 0) is 18.5 Å². The van der Waals surface area contributed by atoms with Crippen LogP contribution in [0.25, 0.3) is 0 Å². The summed E-state index contributed by atoms with van der Waals surface area (Å²) in [6, 6.07) is 12.2. The third-order valence-electron chi connectivity index (χ3n) is 3.71. The largest absolute Gasteiger partial charge is 0.359 e. The molecule has 0 unspecified atom stereocenters. The van der Waals surface area contributed by atoms with Crippen molar-refractivity contribution >= 4 is 17.3 Å². The van der Waals surface area contributed by atoms with Crippen LogP contribution in [0.4, 0.5) is 8.78 Å². The molecule has 2 aromatic carbocycles. The molecule has 2 nitrogen and oxygen atoms in total. The summed E-state index contributed by atoms with van der Waals surface area (Å²) in [6.07, 6.45) is 0. The number of thiocarbonyl (C=S) groups is 1. The molecule has 2 aromatic rings. The first-order chi connectivity index (χ1) is 11.3. The molecule has 0 saturated carbocycles. The molecule has 2 rings (SSSR count). The lowest BCUT2D eigenvalue weighted by molar-refractivity contribution is 0.507. The second kappa shape index (κ2) is 7.71. The number of hydrogen-bond acceptors (Lipinski definition) is 1. The molecule has 0 fully saturated rings. The smallest absolute Gasteiger partial charge is 0.166 e. The minimum atomic E-state index is -0.855. The monoisotopic (exact) mass is 348 g/mol. The number of halogens is 2. The third kappa shape index (κ3) is 5.27. The first-order valence-electron chi connectivity index (χ1n) is 7.81. The maximum absolute atomic E-state index is 13.1. The van der Waals surface area contributed by atoms with Gasteiger partial charge in [-0.2, -0.15) is 0 Å². The summed E-state index contributed by atoms with van der Waals surface area (Å²) >= 11 is 5.21. The zero-order valence-corrected chi connectivity index (χ0v) is 14.9. The van der Waals surface area contributed by atoms with Gasteiger partial charge in [0.15, 0.2) is 16.7 Å². The van der Waals surface area contributed by atoms with Gasteiger partial charge >= 0.3 is 0 Å². The Morgan fingerprint density at radius 1 is 0.875 bits per heavy atom. The second-order valence-corrected chi connectivity index (χ2v) is 7.14. The SMILES string of the molecule is CC(C)(C)c1ccc(CNC(=S)NCc2ccc(F)c(F)c2)cc1. The van der Waals surface area contributed by atoms with Gasteiger partial charge in [-0.15, -0.1) is 0 Å².